The van der Waals surface area contributed by atoms with E-state index in [0.717, 1.165) is 11.1 Å². The topological polar surface area (TPSA) is 23.1 Å². The van der Waals surface area contributed by atoms with E-state index in [2.05, 4.69) is 0 Å². The van der Waals surface area contributed by atoms with Gasteiger partial charge < -0.3 is 4.55 Å². The lowest BCUT2D eigenvalue weighted by molar-refractivity contribution is 0.603. The van der Waals surface area contributed by atoms with Crippen molar-refractivity contribution in [1.29, 1.82) is 0 Å². The van der Waals surface area contributed by atoms with Crippen molar-refractivity contribution in [3.8, 4) is 0 Å². The lowest BCUT2D eigenvalue weighted by Crippen LogP contribution is -2.00. The summed E-state index contributed by atoms with van der Waals surface area (Å²) in [5.74, 6) is 0.404. The van der Waals surface area contributed by atoms with Crippen LogP contribution in [0.2, 0.25) is 15.1 Å². The van der Waals surface area contributed by atoms with E-state index >= 15 is 0 Å². The van der Waals surface area contributed by atoms with Gasteiger partial charge in [-0.2, -0.15) is 0 Å². The van der Waals surface area contributed by atoms with E-state index in [1.54, 1.807) is 29.7 Å². The van der Waals surface area contributed by atoms with Crippen molar-refractivity contribution in [1.82, 2.24) is 0 Å². The lowest BCUT2D eigenvalue weighted by Gasteiger charge is -2.06. The van der Waals surface area contributed by atoms with E-state index in [-0.39, 0.29) is 0 Å². The first-order valence-corrected chi connectivity index (χ1v) is 8.31. The van der Waals surface area contributed by atoms with Crippen molar-refractivity contribution in [2.75, 3.05) is 0 Å². The first-order chi connectivity index (χ1) is 9.54. The highest BCUT2D eigenvalue weighted by molar-refractivity contribution is 7.93. The van der Waals surface area contributed by atoms with Crippen LogP contribution >= 0.6 is 34.8 Å². The molecule has 1 nitrogen and oxygen atoms in total. The van der Waals surface area contributed by atoms with Crippen LogP contribution in [0.5, 0.6) is 0 Å². The largest absolute Gasteiger partial charge is 0.612 e. The standard InChI is InChI=1S/C15H11Cl3OS/c16-13-4-1-11(2-5-13)7-8-20(19)10-12-3-6-14(17)15(18)9-12/h1-9H,10H2/b8-7+. The molecule has 0 aliphatic carbocycles. The van der Waals surface area contributed by atoms with Crippen LogP contribution in [0.25, 0.3) is 6.08 Å². The van der Waals surface area contributed by atoms with Crippen LogP contribution in [0, 0.1) is 0 Å². The molecule has 104 valence electrons. The minimum atomic E-state index is -1.11. The molecule has 5 heteroatoms. The minimum Gasteiger partial charge on any atom is -0.612 e. The Morgan fingerprint density at radius 2 is 1.65 bits per heavy atom. The molecule has 1 unspecified atom stereocenters. The van der Waals surface area contributed by atoms with Gasteiger partial charge in [-0.15, -0.1) is 0 Å². The first kappa shape index (κ1) is 15.7. The zero-order valence-corrected chi connectivity index (χ0v) is 13.4. The summed E-state index contributed by atoms with van der Waals surface area (Å²) < 4.78 is 12.0. The van der Waals surface area contributed by atoms with Gasteiger partial charge in [-0.05, 0) is 47.1 Å². The van der Waals surface area contributed by atoms with Crippen molar-refractivity contribution in [2.45, 2.75) is 5.75 Å². The predicted molar refractivity (Wildman–Crippen MR) is 88.8 cm³/mol. The van der Waals surface area contributed by atoms with E-state index in [0.29, 0.717) is 20.8 Å². The summed E-state index contributed by atoms with van der Waals surface area (Å²) in [6, 6.07) is 12.6. The summed E-state index contributed by atoms with van der Waals surface area (Å²) in [5, 5.41) is 3.31. The smallest absolute Gasteiger partial charge is 0.135 e. The molecule has 0 saturated carbocycles. The van der Waals surface area contributed by atoms with Gasteiger partial charge in [0, 0.05) is 10.6 Å². The maximum absolute atomic E-state index is 12.0. The average Bonchev–Trinajstić information content (AvgIpc) is 2.42. The summed E-state index contributed by atoms with van der Waals surface area (Å²) in [5.41, 5.74) is 1.84. The van der Waals surface area contributed by atoms with E-state index in [1.807, 2.05) is 24.3 Å². The number of hydrogen-bond donors (Lipinski definition) is 0. The van der Waals surface area contributed by atoms with Crippen molar-refractivity contribution in [2.24, 2.45) is 0 Å². The molecule has 0 aliphatic heterocycles. The van der Waals surface area contributed by atoms with Gasteiger partial charge in [-0.3, -0.25) is 0 Å². The van der Waals surface area contributed by atoms with Gasteiger partial charge in [0.1, 0.15) is 11.2 Å². The van der Waals surface area contributed by atoms with E-state index < -0.39 is 11.2 Å². The van der Waals surface area contributed by atoms with Crippen LogP contribution in [0.15, 0.2) is 47.9 Å². The second kappa shape index (κ2) is 7.39. The Kier molecular flexibility index (Phi) is 5.82. The maximum atomic E-state index is 12.0. The Labute approximate surface area is 136 Å². The number of benzene rings is 2. The van der Waals surface area contributed by atoms with Crippen LogP contribution < -0.4 is 0 Å². The molecule has 0 aliphatic rings. The third kappa shape index (κ3) is 4.72. The van der Waals surface area contributed by atoms with Crippen LogP contribution in [-0.4, -0.2) is 4.55 Å². The van der Waals surface area contributed by atoms with Crippen molar-refractivity contribution in [3.63, 3.8) is 0 Å². The fraction of sp³-hybridized carbons (Fsp3) is 0.0667. The number of hydrogen-bond acceptors (Lipinski definition) is 1. The summed E-state index contributed by atoms with van der Waals surface area (Å²) in [7, 11) is 0. The van der Waals surface area contributed by atoms with Crippen LogP contribution in [0.1, 0.15) is 11.1 Å². The number of halogens is 3. The van der Waals surface area contributed by atoms with Gasteiger partial charge in [-0.1, -0.05) is 53.0 Å². The summed E-state index contributed by atoms with van der Waals surface area (Å²) >= 11 is 16.5. The Morgan fingerprint density at radius 1 is 0.950 bits per heavy atom. The minimum absolute atomic E-state index is 0.404. The average molecular weight is 346 g/mol. The van der Waals surface area contributed by atoms with Crippen molar-refractivity contribution < 1.29 is 4.55 Å². The van der Waals surface area contributed by atoms with Gasteiger partial charge >= 0.3 is 0 Å². The Morgan fingerprint density at radius 3 is 2.30 bits per heavy atom. The first-order valence-electron chi connectivity index (χ1n) is 5.79. The Bertz CT molecular complexity index is 611. The predicted octanol–water partition coefficient (Wildman–Crippen LogP) is 5.57. The molecule has 0 aromatic heterocycles. The fourth-order valence-corrected chi connectivity index (χ4v) is 2.93. The molecule has 0 saturated heterocycles. The molecule has 2 aromatic carbocycles. The summed E-state index contributed by atoms with van der Waals surface area (Å²) in [6.07, 6.45) is 1.81. The van der Waals surface area contributed by atoms with Gasteiger partial charge in [-0.25, -0.2) is 0 Å². The quantitative estimate of drug-likeness (QED) is 0.665. The summed E-state index contributed by atoms with van der Waals surface area (Å²) in [4.78, 5) is 0. The molecule has 0 heterocycles. The molecule has 0 radical (unpaired) electrons. The van der Waals surface area contributed by atoms with E-state index in [4.69, 9.17) is 34.8 Å². The number of rotatable bonds is 4. The molecule has 2 aromatic rings. The Balaban J connectivity index is 1.99. The molecule has 0 fully saturated rings. The summed E-state index contributed by atoms with van der Waals surface area (Å²) in [6.45, 7) is 0. The third-order valence-electron chi connectivity index (χ3n) is 2.58. The zero-order valence-electron chi connectivity index (χ0n) is 10.4. The van der Waals surface area contributed by atoms with Crippen LogP contribution in [0.4, 0.5) is 0 Å². The van der Waals surface area contributed by atoms with Gasteiger partial charge in [0.05, 0.1) is 10.0 Å². The fourth-order valence-electron chi connectivity index (χ4n) is 1.57. The molecule has 0 N–H and O–H groups in total. The third-order valence-corrected chi connectivity index (χ3v) is 4.62. The highest BCUT2D eigenvalue weighted by Crippen LogP contribution is 2.23. The van der Waals surface area contributed by atoms with Crippen molar-refractivity contribution in [3.05, 3.63) is 74.1 Å². The van der Waals surface area contributed by atoms with E-state index in [9.17, 15) is 4.55 Å². The SMILES string of the molecule is [O-][S+](/C=C/c1ccc(Cl)cc1)Cc1ccc(Cl)c(Cl)c1. The molecular weight excluding hydrogens is 335 g/mol. The normalized spacial score (nSPS) is 12.8. The molecular formula is C15H11Cl3OS. The van der Waals surface area contributed by atoms with Crippen molar-refractivity contribution >= 4 is 52.1 Å². The highest BCUT2D eigenvalue weighted by atomic mass is 35.5. The molecule has 2 rings (SSSR count). The van der Waals surface area contributed by atoms with Gasteiger partial charge in [0.2, 0.25) is 0 Å². The molecule has 0 amide bonds. The second-order valence-corrected chi connectivity index (χ2v) is 6.70. The second-order valence-electron chi connectivity index (χ2n) is 4.13. The monoisotopic (exact) mass is 344 g/mol. The van der Waals surface area contributed by atoms with E-state index in [1.165, 1.54) is 0 Å². The molecule has 1 atom stereocenters. The van der Waals surface area contributed by atoms with Crippen LogP contribution in [-0.2, 0) is 16.9 Å². The van der Waals surface area contributed by atoms with Gasteiger partial charge in [0.15, 0.2) is 0 Å². The highest BCUT2D eigenvalue weighted by Gasteiger charge is 2.06. The molecule has 0 bridgehead atoms. The maximum Gasteiger partial charge on any atom is 0.135 e. The zero-order chi connectivity index (χ0) is 14.5. The van der Waals surface area contributed by atoms with Gasteiger partial charge in [0.25, 0.3) is 0 Å². The lowest BCUT2D eigenvalue weighted by atomic mass is 10.2. The molecule has 20 heavy (non-hydrogen) atoms. The van der Waals surface area contributed by atoms with Crippen LogP contribution in [0.3, 0.4) is 0 Å². The molecule has 0 spiro atoms. The Hall–Kier alpha value is -0.640.